The van der Waals surface area contributed by atoms with E-state index in [9.17, 15) is 13.2 Å². The maximum absolute atomic E-state index is 12.5. The molecule has 0 radical (unpaired) electrons. The molecule has 1 aromatic rings. The fourth-order valence-corrected chi connectivity index (χ4v) is 1.05. The number of nitrogens with two attached hydrogens (primary N) is 1. The highest BCUT2D eigenvalue weighted by atomic mass is 19.4. The SMILES string of the molecule is C=C(C)c1cnc(N)cc1C(F)(F)F. The molecule has 0 aliphatic rings. The Balaban J connectivity index is 3.38. The largest absolute Gasteiger partial charge is 0.417 e. The van der Waals surface area contributed by atoms with Crippen molar-refractivity contribution in [3.63, 3.8) is 0 Å². The molecule has 2 N–H and O–H groups in total. The van der Waals surface area contributed by atoms with Crippen molar-refractivity contribution in [3.8, 4) is 0 Å². The number of hydrogen-bond donors (Lipinski definition) is 1. The van der Waals surface area contributed by atoms with E-state index >= 15 is 0 Å². The Morgan fingerprint density at radius 2 is 2.07 bits per heavy atom. The van der Waals surface area contributed by atoms with Gasteiger partial charge in [-0.25, -0.2) is 4.98 Å². The zero-order chi connectivity index (χ0) is 10.9. The van der Waals surface area contributed by atoms with Crippen LogP contribution >= 0.6 is 0 Å². The molecule has 0 aliphatic heterocycles. The molecule has 0 saturated heterocycles. The summed E-state index contributed by atoms with van der Waals surface area (Å²) >= 11 is 0. The van der Waals surface area contributed by atoms with Gasteiger partial charge in [0, 0.05) is 11.8 Å². The molecule has 14 heavy (non-hydrogen) atoms. The Kier molecular flexibility index (Phi) is 2.51. The molecule has 0 amide bonds. The summed E-state index contributed by atoms with van der Waals surface area (Å²) in [5.41, 5.74) is 4.68. The molecule has 0 spiro atoms. The summed E-state index contributed by atoms with van der Waals surface area (Å²) in [5, 5.41) is 0. The molecule has 0 bridgehead atoms. The van der Waals surface area contributed by atoms with E-state index < -0.39 is 11.7 Å². The van der Waals surface area contributed by atoms with Crippen LogP contribution in [0.15, 0.2) is 18.8 Å². The van der Waals surface area contributed by atoms with Gasteiger partial charge in [0.25, 0.3) is 0 Å². The topological polar surface area (TPSA) is 38.9 Å². The van der Waals surface area contributed by atoms with Gasteiger partial charge in [-0.05, 0) is 18.6 Å². The highest BCUT2D eigenvalue weighted by Gasteiger charge is 2.33. The fourth-order valence-electron chi connectivity index (χ4n) is 1.05. The first kappa shape index (κ1) is 10.6. The van der Waals surface area contributed by atoms with E-state index in [1.54, 1.807) is 0 Å². The normalized spacial score (nSPS) is 11.4. The van der Waals surface area contributed by atoms with Gasteiger partial charge in [-0.15, -0.1) is 0 Å². The first-order chi connectivity index (χ1) is 6.32. The van der Waals surface area contributed by atoms with Crippen molar-refractivity contribution in [2.45, 2.75) is 13.1 Å². The number of nitrogens with zero attached hydrogens (tertiary/aromatic N) is 1. The van der Waals surface area contributed by atoms with Gasteiger partial charge in [0.1, 0.15) is 5.82 Å². The van der Waals surface area contributed by atoms with Crippen LogP contribution in [0, 0.1) is 0 Å². The van der Waals surface area contributed by atoms with E-state index in [0.717, 1.165) is 12.3 Å². The number of pyridine rings is 1. The lowest BCUT2D eigenvalue weighted by Crippen LogP contribution is -2.10. The van der Waals surface area contributed by atoms with E-state index in [4.69, 9.17) is 5.73 Å². The third-order valence-electron chi connectivity index (χ3n) is 1.69. The number of anilines is 1. The van der Waals surface area contributed by atoms with Crippen LogP contribution in [0.1, 0.15) is 18.1 Å². The van der Waals surface area contributed by atoms with E-state index in [1.165, 1.54) is 6.92 Å². The summed E-state index contributed by atoms with van der Waals surface area (Å²) < 4.78 is 37.4. The van der Waals surface area contributed by atoms with Crippen LogP contribution in [0.5, 0.6) is 0 Å². The zero-order valence-corrected chi connectivity index (χ0v) is 7.52. The number of alkyl halides is 3. The van der Waals surface area contributed by atoms with Gasteiger partial charge in [0.05, 0.1) is 5.56 Å². The molecule has 1 aromatic heterocycles. The molecule has 5 heteroatoms. The molecule has 0 aliphatic carbocycles. The van der Waals surface area contributed by atoms with Gasteiger partial charge in [-0.3, -0.25) is 0 Å². The Hall–Kier alpha value is -1.52. The van der Waals surface area contributed by atoms with Crippen molar-refractivity contribution in [3.05, 3.63) is 30.0 Å². The van der Waals surface area contributed by atoms with Gasteiger partial charge in [-0.2, -0.15) is 13.2 Å². The van der Waals surface area contributed by atoms with E-state index in [0.29, 0.717) is 5.57 Å². The standard InChI is InChI=1S/C9H9F3N2/c1-5(2)6-4-14-8(13)3-7(6)9(10,11)12/h3-4H,1H2,2H3,(H2,13,14). The van der Waals surface area contributed by atoms with Crippen molar-refractivity contribution >= 4 is 11.4 Å². The number of hydrogen-bond acceptors (Lipinski definition) is 2. The quantitative estimate of drug-likeness (QED) is 0.760. The predicted molar refractivity (Wildman–Crippen MR) is 48.4 cm³/mol. The average Bonchev–Trinajstić information content (AvgIpc) is 2.01. The molecule has 1 heterocycles. The molecular weight excluding hydrogens is 193 g/mol. The molecule has 76 valence electrons. The van der Waals surface area contributed by atoms with Gasteiger partial charge < -0.3 is 5.73 Å². The third-order valence-corrected chi connectivity index (χ3v) is 1.69. The minimum absolute atomic E-state index is 0.0216. The van der Waals surface area contributed by atoms with E-state index in [2.05, 4.69) is 11.6 Å². The van der Waals surface area contributed by atoms with Crippen molar-refractivity contribution in [1.82, 2.24) is 4.98 Å². The Bertz CT molecular complexity index is 369. The molecule has 1 rings (SSSR count). The predicted octanol–water partition coefficient (Wildman–Crippen LogP) is 2.72. The summed E-state index contributed by atoms with van der Waals surface area (Å²) in [6.45, 7) is 4.94. The van der Waals surface area contributed by atoms with Crippen molar-refractivity contribution in [2.24, 2.45) is 0 Å². The van der Waals surface area contributed by atoms with Crippen LogP contribution in [0.25, 0.3) is 5.57 Å². The number of rotatable bonds is 1. The van der Waals surface area contributed by atoms with Crippen molar-refractivity contribution in [1.29, 1.82) is 0 Å². The van der Waals surface area contributed by atoms with Crippen LogP contribution < -0.4 is 5.73 Å². The molecular formula is C9H9F3N2. The minimum Gasteiger partial charge on any atom is -0.384 e. The Labute approximate surface area is 79.3 Å². The lowest BCUT2D eigenvalue weighted by atomic mass is 10.0. The summed E-state index contributed by atoms with van der Waals surface area (Å²) in [6.07, 6.45) is -3.34. The Morgan fingerprint density at radius 1 is 1.50 bits per heavy atom. The van der Waals surface area contributed by atoms with Crippen molar-refractivity contribution in [2.75, 3.05) is 5.73 Å². The van der Waals surface area contributed by atoms with Crippen molar-refractivity contribution < 1.29 is 13.2 Å². The maximum atomic E-state index is 12.5. The monoisotopic (exact) mass is 202 g/mol. The van der Waals surface area contributed by atoms with Gasteiger partial charge >= 0.3 is 6.18 Å². The van der Waals surface area contributed by atoms with Crippen LogP contribution in [0.2, 0.25) is 0 Å². The molecule has 0 atom stereocenters. The van der Waals surface area contributed by atoms with E-state index in [-0.39, 0.29) is 11.4 Å². The van der Waals surface area contributed by atoms with Crippen LogP contribution in [-0.2, 0) is 6.18 Å². The summed E-state index contributed by atoms with van der Waals surface area (Å²) in [6, 6.07) is 0.810. The third kappa shape index (κ3) is 2.04. The lowest BCUT2D eigenvalue weighted by molar-refractivity contribution is -0.137. The second kappa shape index (κ2) is 3.32. The number of nitrogen functional groups attached to an aromatic ring is 1. The Morgan fingerprint density at radius 3 is 2.50 bits per heavy atom. The smallest absolute Gasteiger partial charge is 0.384 e. The van der Waals surface area contributed by atoms with E-state index in [1.807, 2.05) is 0 Å². The zero-order valence-electron chi connectivity index (χ0n) is 7.52. The first-order valence-corrected chi connectivity index (χ1v) is 3.81. The summed E-state index contributed by atoms with van der Waals surface area (Å²) in [5.74, 6) is -0.151. The van der Waals surface area contributed by atoms with Crippen LogP contribution in [0.4, 0.5) is 19.0 Å². The number of halogens is 3. The highest BCUT2D eigenvalue weighted by molar-refractivity contribution is 5.65. The van der Waals surface area contributed by atoms with Gasteiger partial charge in [0.15, 0.2) is 0 Å². The molecule has 2 nitrogen and oxygen atoms in total. The average molecular weight is 202 g/mol. The highest BCUT2D eigenvalue weighted by Crippen LogP contribution is 2.34. The second-order valence-electron chi connectivity index (χ2n) is 2.93. The number of aromatic nitrogens is 1. The number of allylic oxidation sites excluding steroid dienone is 1. The molecule has 0 aromatic carbocycles. The molecule has 0 fully saturated rings. The minimum atomic E-state index is -4.43. The summed E-state index contributed by atoms with van der Waals surface area (Å²) in [7, 11) is 0. The summed E-state index contributed by atoms with van der Waals surface area (Å²) in [4.78, 5) is 3.59. The van der Waals surface area contributed by atoms with Crippen LogP contribution in [-0.4, -0.2) is 4.98 Å². The fraction of sp³-hybridized carbons (Fsp3) is 0.222. The van der Waals surface area contributed by atoms with Crippen LogP contribution in [0.3, 0.4) is 0 Å². The second-order valence-corrected chi connectivity index (χ2v) is 2.93. The lowest BCUT2D eigenvalue weighted by Gasteiger charge is -2.12. The first-order valence-electron chi connectivity index (χ1n) is 3.81. The van der Waals surface area contributed by atoms with Gasteiger partial charge in [0.2, 0.25) is 0 Å². The molecule has 0 unspecified atom stereocenters. The molecule has 0 saturated carbocycles. The van der Waals surface area contributed by atoms with Gasteiger partial charge in [-0.1, -0.05) is 6.58 Å². The maximum Gasteiger partial charge on any atom is 0.417 e.